The summed E-state index contributed by atoms with van der Waals surface area (Å²) in [4.78, 5) is 8.81. The Morgan fingerprint density at radius 2 is 1.83 bits per heavy atom. The second-order valence-corrected chi connectivity index (χ2v) is 6.71. The average molecular weight is 386 g/mol. The second-order valence-electron chi connectivity index (χ2n) is 6.71. The number of rotatable bonds is 3. The van der Waals surface area contributed by atoms with Crippen LogP contribution in [0.3, 0.4) is 0 Å². The number of nitrogens with zero attached hydrogens (tertiary/aromatic N) is 3. The van der Waals surface area contributed by atoms with Crippen molar-refractivity contribution in [3.05, 3.63) is 84.7 Å². The van der Waals surface area contributed by atoms with Crippen LogP contribution in [0.5, 0.6) is 0 Å². The van der Waals surface area contributed by atoms with Crippen LogP contribution in [0.4, 0.5) is 14.6 Å². The molecule has 0 spiro atoms. The lowest BCUT2D eigenvalue weighted by atomic mass is 10.1. The number of fused-ring (bicyclic) bond motifs is 2. The maximum atomic E-state index is 15.9. The first kappa shape index (κ1) is 17.3. The molecule has 0 aliphatic rings. The molecule has 6 heteroatoms. The molecule has 4 nitrogen and oxygen atoms in total. The molecule has 0 radical (unpaired) electrons. The zero-order chi connectivity index (χ0) is 20.0. The van der Waals surface area contributed by atoms with E-state index in [9.17, 15) is 4.39 Å². The molecule has 1 N–H and O–H groups in total. The number of hydrogen-bond donors (Lipinski definition) is 1. The van der Waals surface area contributed by atoms with Crippen LogP contribution in [-0.2, 0) is 0 Å². The standard InChI is InChI=1S/C23H16F2N4/c1-26-20-12-19-15(13-27-20)9-10-29(19)23-17-7-2-3-8-18(17)28-22(21(23)25)14-5-4-6-16(24)11-14/h2-13H,1H3,(H,26,27). The molecule has 3 aromatic heterocycles. The Balaban J connectivity index is 1.87. The van der Waals surface area contributed by atoms with E-state index in [1.54, 1.807) is 29.9 Å². The monoisotopic (exact) mass is 386 g/mol. The quantitative estimate of drug-likeness (QED) is 0.441. The highest BCUT2D eigenvalue weighted by atomic mass is 19.1. The SMILES string of the molecule is CNc1cc2c(ccn2-c2c(F)c(-c3cccc(F)c3)nc3ccccc23)cn1. The van der Waals surface area contributed by atoms with Crippen LogP contribution >= 0.6 is 0 Å². The highest BCUT2D eigenvalue weighted by Crippen LogP contribution is 2.34. The molecule has 0 aliphatic carbocycles. The molecule has 0 saturated heterocycles. The minimum atomic E-state index is -0.505. The maximum absolute atomic E-state index is 15.9. The number of benzene rings is 2. The van der Waals surface area contributed by atoms with Crippen LogP contribution in [-0.4, -0.2) is 21.6 Å². The van der Waals surface area contributed by atoms with E-state index in [4.69, 9.17) is 0 Å². The van der Waals surface area contributed by atoms with Crippen LogP contribution in [0.1, 0.15) is 0 Å². The number of aromatic nitrogens is 3. The number of hydrogen-bond acceptors (Lipinski definition) is 3. The highest BCUT2D eigenvalue weighted by molar-refractivity contribution is 5.93. The van der Waals surface area contributed by atoms with Crippen molar-refractivity contribution in [3.8, 4) is 16.9 Å². The fourth-order valence-corrected chi connectivity index (χ4v) is 3.59. The third kappa shape index (κ3) is 2.81. The van der Waals surface area contributed by atoms with E-state index in [0.29, 0.717) is 28.0 Å². The molecule has 2 aromatic carbocycles. The molecule has 0 aliphatic heterocycles. The van der Waals surface area contributed by atoms with E-state index in [0.717, 1.165) is 10.9 Å². The summed E-state index contributed by atoms with van der Waals surface area (Å²) in [5, 5.41) is 4.57. The highest BCUT2D eigenvalue weighted by Gasteiger charge is 2.19. The Hall–Kier alpha value is -3.80. The van der Waals surface area contributed by atoms with Gasteiger partial charge in [-0.1, -0.05) is 30.3 Å². The molecule has 0 unspecified atom stereocenters. The smallest absolute Gasteiger partial charge is 0.174 e. The average Bonchev–Trinajstić information content (AvgIpc) is 3.16. The van der Waals surface area contributed by atoms with Gasteiger partial charge in [0, 0.05) is 41.8 Å². The van der Waals surface area contributed by atoms with Crippen molar-refractivity contribution >= 4 is 27.6 Å². The number of nitrogens with one attached hydrogen (secondary N) is 1. The van der Waals surface area contributed by atoms with Crippen molar-refractivity contribution in [3.63, 3.8) is 0 Å². The summed E-state index contributed by atoms with van der Waals surface area (Å²) < 4.78 is 31.4. The van der Waals surface area contributed by atoms with Gasteiger partial charge in [0.1, 0.15) is 17.3 Å². The first-order chi connectivity index (χ1) is 14.2. The largest absolute Gasteiger partial charge is 0.373 e. The van der Waals surface area contributed by atoms with Crippen molar-refractivity contribution < 1.29 is 8.78 Å². The van der Waals surface area contributed by atoms with Gasteiger partial charge in [-0.2, -0.15) is 0 Å². The summed E-state index contributed by atoms with van der Waals surface area (Å²) in [5.41, 5.74) is 2.32. The van der Waals surface area contributed by atoms with E-state index in [1.165, 1.54) is 12.1 Å². The van der Waals surface area contributed by atoms with Crippen LogP contribution < -0.4 is 5.32 Å². The predicted octanol–water partition coefficient (Wildman–Crippen LogP) is 5.56. The zero-order valence-electron chi connectivity index (χ0n) is 15.5. The van der Waals surface area contributed by atoms with Gasteiger partial charge < -0.3 is 9.88 Å². The molecule has 142 valence electrons. The molecule has 5 rings (SSSR count). The fourth-order valence-electron chi connectivity index (χ4n) is 3.59. The summed E-state index contributed by atoms with van der Waals surface area (Å²) in [6.45, 7) is 0. The van der Waals surface area contributed by atoms with Gasteiger partial charge in [0.15, 0.2) is 5.82 Å². The summed E-state index contributed by atoms with van der Waals surface area (Å²) in [6.07, 6.45) is 3.55. The van der Waals surface area contributed by atoms with Crippen LogP contribution in [0, 0.1) is 11.6 Å². The van der Waals surface area contributed by atoms with E-state index >= 15 is 4.39 Å². The number of anilines is 1. The van der Waals surface area contributed by atoms with E-state index in [1.807, 2.05) is 42.6 Å². The van der Waals surface area contributed by atoms with E-state index in [-0.39, 0.29) is 5.69 Å². The van der Waals surface area contributed by atoms with Gasteiger partial charge in [0.25, 0.3) is 0 Å². The lowest BCUT2D eigenvalue weighted by molar-refractivity contribution is 0.618. The molecule has 29 heavy (non-hydrogen) atoms. The molecular formula is C23H16F2N4. The molecule has 3 heterocycles. The van der Waals surface area contributed by atoms with Crippen LogP contribution in [0.2, 0.25) is 0 Å². The van der Waals surface area contributed by atoms with Gasteiger partial charge in [-0.25, -0.2) is 18.7 Å². The van der Waals surface area contributed by atoms with Gasteiger partial charge in [0.05, 0.1) is 16.7 Å². The molecule has 0 bridgehead atoms. The van der Waals surface area contributed by atoms with Gasteiger partial charge >= 0.3 is 0 Å². The van der Waals surface area contributed by atoms with Crippen molar-refractivity contribution in [1.29, 1.82) is 0 Å². The first-order valence-electron chi connectivity index (χ1n) is 9.15. The normalized spacial score (nSPS) is 11.3. The zero-order valence-corrected chi connectivity index (χ0v) is 15.5. The summed E-state index contributed by atoms with van der Waals surface area (Å²) in [7, 11) is 1.78. The molecule has 0 amide bonds. The lowest BCUT2D eigenvalue weighted by Gasteiger charge is -2.14. The van der Waals surface area contributed by atoms with Crippen molar-refractivity contribution in [2.75, 3.05) is 12.4 Å². The number of para-hydroxylation sites is 1. The second kappa shape index (κ2) is 6.67. The first-order valence-corrected chi connectivity index (χ1v) is 9.15. The summed E-state index contributed by atoms with van der Waals surface area (Å²) in [6, 6.07) is 16.9. The van der Waals surface area contributed by atoms with Crippen molar-refractivity contribution in [2.24, 2.45) is 0 Å². The van der Waals surface area contributed by atoms with Crippen LogP contribution in [0.25, 0.3) is 38.8 Å². The minimum Gasteiger partial charge on any atom is -0.373 e. The third-order valence-electron chi connectivity index (χ3n) is 4.98. The predicted molar refractivity (Wildman–Crippen MR) is 111 cm³/mol. The topological polar surface area (TPSA) is 42.7 Å². The number of pyridine rings is 2. The molecule has 5 aromatic rings. The number of halogens is 2. The Morgan fingerprint density at radius 1 is 0.966 bits per heavy atom. The minimum absolute atomic E-state index is 0.114. The molecule has 0 fully saturated rings. The Kier molecular flexibility index (Phi) is 3.98. The molecule has 0 saturated carbocycles. The Labute approximate surface area is 165 Å². The Bertz CT molecular complexity index is 1370. The van der Waals surface area contributed by atoms with Gasteiger partial charge in [0.2, 0.25) is 0 Å². The maximum Gasteiger partial charge on any atom is 0.174 e. The van der Waals surface area contributed by atoms with E-state index < -0.39 is 11.6 Å². The van der Waals surface area contributed by atoms with Crippen molar-refractivity contribution in [1.82, 2.24) is 14.5 Å². The lowest BCUT2D eigenvalue weighted by Crippen LogP contribution is -2.03. The fraction of sp³-hybridized carbons (Fsp3) is 0.0435. The third-order valence-corrected chi connectivity index (χ3v) is 4.98. The Morgan fingerprint density at radius 3 is 2.66 bits per heavy atom. The van der Waals surface area contributed by atoms with Gasteiger partial charge in [-0.3, -0.25) is 0 Å². The van der Waals surface area contributed by atoms with Gasteiger partial charge in [-0.15, -0.1) is 0 Å². The van der Waals surface area contributed by atoms with Gasteiger partial charge in [-0.05, 0) is 24.3 Å². The van der Waals surface area contributed by atoms with E-state index in [2.05, 4.69) is 15.3 Å². The van der Waals surface area contributed by atoms with Crippen molar-refractivity contribution in [2.45, 2.75) is 0 Å². The summed E-state index contributed by atoms with van der Waals surface area (Å²) >= 11 is 0. The summed E-state index contributed by atoms with van der Waals surface area (Å²) in [5.74, 6) is -0.259. The molecular weight excluding hydrogens is 370 g/mol. The molecule has 0 atom stereocenters. The van der Waals surface area contributed by atoms with Crippen LogP contribution in [0.15, 0.2) is 73.1 Å².